The molecule has 0 aromatic heterocycles. The Hall–Kier alpha value is -1.50. The van der Waals surface area contributed by atoms with Crippen LogP contribution < -0.4 is 5.32 Å². The molecule has 0 saturated carbocycles. The lowest BCUT2D eigenvalue weighted by atomic mass is 10.2. The highest BCUT2D eigenvalue weighted by Crippen LogP contribution is 2.12. The number of nitrogens with one attached hydrogen (secondary N) is 1. The summed E-state index contributed by atoms with van der Waals surface area (Å²) >= 11 is 0. The molecule has 2 fully saturated rings. The number of carbonyl (C=O) groups excluding carboxylic acids is 1. The van der Waals surface area contributed by atoms with Crippen LogP contribution in [0.3, 0.4) is 0 Å². The van der Waals surface area contributed by atoms with E-state index < -0.39 is 0 Å². The van der Waals surface area contributed by atoms with Crippen molar-refractivity contribution in [2.75, 3.05) is 45.9 Å². The fraction of sp³-hybridized carbons (Fsp3) is 0.588. The predicted molar refractivity (Wildman–Crippen MR) is 85.5 cm³/mol. The highest BCUT2D eigenvalue weighted by molar-refractivity contribution is 5.81. The molecule has 2 aliphatic rings. The molecular weight excluding hydrogens is 297 g/mol. The van der Waals surface area contributed by atoms with Crippen LogP contribution in [-0.2, 0) is 16.1 Å². The van der Waals surface area contributed by atoms with Crippen LogP contribution in [0.25, 0.3) is 0 Å². The summed E-state index contributed by atoms with van der Waals surface area (Å²) in [6.07, 6.45) is 0.583. The normalized spacial score (nSPS) is 23.5. The Labute approximate surface area is 136 Å². The summed E-state index contributed by atoms with van der Waals surface area (Å²) in [5.41, 5.74) is 0.976. The van der Waals surface area contributed by atoms with E-state index in [0.29, 0.717) is 19.7 Å². The lowest BCUT2D eigenvalue weighted by Crippen LogP contribution is -2.50. The van der Waals surface area contributed by atoms with Gasteiger partial charge in [0.25, 0.3) is 5.91 Å². The van der Waals surface area contributed by atoms with Crippen molar-refractivity contribution < 1.29 is 13.9 Å². The van der Waals surface area contributed by atoms with Crippen LogP contribution in [0.15, 0.2) is 24.3 Å². The van der Waals surface area contributed by atoms with E-state index in [-0.39, 0.29) is 17.8 Å². The van der Waals surface area contributed by atoms with Gasteiger partial charge in [-0.3, -0.25) is 9.69 Å². The van der Waals surface area contributed by atoms with E-state index >= 15 is 0 Å². The van der Waals surface area contributed by atoms with Gasteiger partial charge in [-0.05, 0) is 24.1 Å². The molecule has 1 unspecified atom stereocenters. The first-order valence-electron chi connectivity index (χ1n) is 8.30. The van der Waals surface area contributed by atoms with Crippen molar-refractivity contribution in [3.63, 3.8) is 0 Å². The Kier molecular flexibility index (Phi) is 5.59. The highest BCUT2D eigenvalue weighted by atomic mass is 19.1. The van der Waals surface area contributed by atoms with E-state index in [4.69, 9.17) is 4.74 Å². The van der Waals surface area contributed by atoms with Gasteiger partial charge in [-0.25, -0.2) is 4.39 Å². The molecule has 126 valence electrons. The maximum absolute atomic E-state index is 13.3. The fourth-order valence-corrected chi connectivity index (χ4v) is 3.17. The zero-order chi connectivity index (χ0) is 16.1. The van der Waals surface area contributed by atoms with Crippen LogP contribution in [0.1, 0.15) is 12.0 Å². The summed E-state index contributed by atoms with van der Waals surface area (Å²) in [4.78, 5) is 16.7. The van der Waals surface area contributed by atoms with E-state index in [9.17, 15) is 9.18 Å². The van der Waals surface area contributed by atoms with Gasteiger partial charge in [-0.2, -0.15) is 0 Å². The molecule has 5 nitrogen and oxygen atoms in total. The molecule has 1 aromatic carbocycles. The summed E-state index contributed by atoms with van der Waals surface area (Å²) in [6.45, 7) is 5.92. The van der Waals surface area contributed by atoms with Crippen LogP contribution in [-0.4, -0.2) is 67.7 Å². The van der Waals surface area contributed by atoms with Gasteiger partial charge in [0.2, 0.25) is 0 Å². The Balaban J connectivity index is 1.53. The summed E-state index contributed by atoms with van der Waals surface area (Å²) in [5, 5.41) is 3.20. The first kappa shape index (κ1) is 16.4. The van der Waals surface area contributed by atoms with Gasteiger partial charge in [0.15, 0.2) is 0 Å². The number of benzene rings is 1. The van der Waals surface area contributed by atoms with Gasteiger partial charge >= 0.3 is 0 Å². The molecule has 2 heterocycles. The lowest BCUT2D eigenvalue weighted by molar-refractivity contribution is -0.145. The van der Waals surface area contributed by atoms with Crippen molar-refractivity contribution in [1.82, 2.24) is 15.1 Å². The second-order valence-corrected chi connectivity index (χ2v) is 6.15. The number of hydrogen-bond acceptors (Lipinski definition) is 4. The fourth-order valence-electron chi connectivity index (χ4n) is 3.17. The van der Waals surface area contributed by atoms with Gasteiger partial charge in [0.1, 0.15) is 11.9 Å². The minimum Gasteiger partial charge on any atom is -0.366 e. The van der Waals surface area contributed by atoms with Crippen molar-refractivity contribution in [2.45, 2.75) is 19.1 Å². The summed E-state index contributed by atoms with van der Waals surface area (Å²) in [7, 11) is 0. The van der Waals surface area contributed by atoms with Gasteiger partial charge in [-0.15, -0.1) is 0 Å². The monoisotopic (exact) mass is 321 g/mol. The molecule has 1 amide bonds. The summed E-state index contributed by atoms with van der Waals surface area (Å²) in [6, 6.07) is 6.73. The third-order valence-electron chi connectivity index (χ3n) is 4.40. The average molecular weight is 321 g/mol. The Morgan fingerprint density at radius 1 is 1.30 bits per heavy atom. The molecule has 1 N–H and O–H groups in total. The third-order valence-corrected chi connectivity index (χ3v) is 4.40. The number of carbonyl (C=O) groups is 1. The Morgan fingerprint density at radius 2 is 2.22 bits per heavy atom. The third kappa shape index (κ3) is 4.50. The van der Waals surface area contributed by atoms with Crippen molar-refractivity contribution in [3.8, 4) is 0 Å². The molecule has 6 heteroatoms. The van der Waals surface area contributed by atoms with Crippen LogP contribution in [0.4, 0.5) is 4.39 Å². The largest absolute Gasteiger partial charge is 0.366 e. The molecule has 0 spiro atoms. The molecule has 0 radical (unpaired) electrons. The molecule has 0 bridgehead atoms. The second-order valence-electron chi connectivity index (χ2n) is 6.15. The quantitative estimate of drug-likeness (QED) is 0.896. The molecule has 1 aromatic rings. The zero-order valence-electron chi connectivity index (χ0n) is 13.3. The molecule has 2 aliphatic heterocycles. The number of ether oxygens (including phenoxy) is 1. The predicted octanol–water partition coefficient (Wildman–Crippen LogP) is 0.848. The maximum Gasteiger partial charge on any atom is 0.253 e. The number of amides is 1. The first-order valence-corrected chi connectivity index (χ1v) is 8.30. The number of morpholine rings is 1. The van der Waals surface area contributed by atoms with E-state index in [1.807, 2.05) is 11.0 Å². The summed E-state index contributed by atoms with van der Waals surface area (Å²) in [5.74, 6) is -0.110. The van der Waals surface area contributed by atoms with Crippen molar-refractivity contribution in [2.24, 2.45) is 0 Å². The van der Waals surface area contributed by atoms with E-state index in [0.717, 1.165) is 44.7 Å². The lowest BCUT2D eigenvalue weighted by Gasteiger charge is -2.29. The van der Waals surface area contributed by atoms with Gasteiger partial charge in [-0.1, -0.05) is 12.1 Å². The van der Waals surface area contributed by atoms with Crippen LogP contribution >= 0.6 is 0 Å². The van der Waals surface area contributed by atoms with Crippen LogP contribution in [0.2, 0.25) is 0 Å². The van der Waals surface area contributed by atoms with E-state index in [1.165, 1.54) is 6.07 Å². The average Bonchev–Trinajstić information content (AvgIpc) is 2.81. The van der Waals surface area contributed by atoms with Crippen molar-refractivity contribution in [1.29, 1.82) is 0 Å². The van der Waals surface area contributed by atoms with E-state index in [2.05, 4.69) is 10.2 Å². The number of hydrogen-bond donors (Lipinski definition) is 1. The van der Waals surface area contributed by atoms with Crippen molar-refractivity contribution in [3.05, 3.63) is 35.6 Å². The number of rotatable bonds is 3. The topological polar surface area (TPSA) is 44.8 Å². The molecule has 2 saturated heterocycles. The molecule has 3 rings (SSSR count). The van der Waals surface area contributed by atoms with Gasteiger partial charge in [0.05, 0.1) is 6.61 Å². The van der Waals surface area contributed by atoms with Crippen LogP contribution in [0, 0.1) is 5.82 Å². The first-order chi connectivity index (χ1) is 11.2. The SMILES string of the molecule is O=C(C1CNCCO1)N1CCCN(Cc2cccc(F)c2)CC1. The number of nitrogens with zero attached hydrogens (tertiary/aromatic N) is 2. The van der Waals surface area contributed by atoms with Crippen LogP contribution in [0.5, 0.6) is 0 Å². The van der Waals surface area contributed by atoms with E-state index in [1.54, 1.807) is 12.1 Å². The smallest absolute Gasteiger partial charge is 0.253 e. The molecule has 23 heavy (non-hydrogen) atoms. The summed E-state index contributed by atoms with van der Waals surface area (Å²) < 4.78 is 18.8. The minimum atomic E-state index is -0.349. The molecule has 0 aliphatic carbocycles. The standard InChI is InChI=1S/C17H24FN3O2/c18-15-4-1-3-14(11-15)13-20-6-2-7-21(9-8-20)17(22)16-12-19-5-10-23-16/h1,3-4,11,16,19H,2,5-10,12-13H2. The maximum atomic E-state index is 13.3. The zero-order valence-corrected chi connectivity index (χ0v) is 13.3. The molecular formula is C17H24FN3O2. The minimum absolute atomic E-state index is 0.0878. The molecule has 1 atom stereocenters. The van der Waals surface area contributed by atoms with Gasteiger partial charge < -0.3 is 15.0 Å². The number of halogens is 1. The van der Waals surface area contributed by atoms with Crippen molar-refractivity contribution >= 4 is 5.91 Å². The van der Waals surface area contributed by atoms with Gasteiger partial charge in [0, 0.05) is 45.8 Å². The second kappa shape index (κ2) is 7.86. The Morgan fingerprint density at radius 3 is 3.00 bits per heavy atom. The Bertz CT molecular complexity index is 534. The highest BCUT2D eigenvalue weighted by Gasteiger charge is 2.28.